The summed E-state index contributed by atoms with van der Waals surface area (Å²) in [5, 5.41) is 2.75. The molecule has 1 atom stereocenters. The standard InChI is InChI=1S/C25H22FNO4/c1-17-7-13-21(14-8-17)27-25(30)24(19-5-3-2-4-6-19)31-23(29)16-15-22(28)18-9-11-20(26)12-10-18/h2-14,24H,15-16H2,1H3,(H,27,30). The lowest BCUT2D eigenvalue weighted by Gasteiger charge is -2.18. The van der Waals surface area contributed by atoms with Crippen LogP contribution in [0.5, 0.6) is 0 Å². The first-order chi connectivity index (χ1) is 14.9. The van der Waals surface area contributed by atoms with Crippen LogP contribution in [0.25, 0.3) is 0 Å². The largest absolute Gasteiger partial charge is 0.447 e. The summed E-state index contributed by atoms with van der Waals surface area (Å²) >= 11 is 0. The molecule has 0 radical (unpaired) electrons. The van der Waals surface area contributed by atoms with Gasteiger partial charge in [0.25, 0.3) is 5.91 Å². The molecule has 0 aliphatic heterocycles. The number of hydrogen-bond donors (Lipinski definition) is 1. The van der Waals surface area contributed by atoms with Gasteiger partial charge in [-0.1, -0.05) is 48.0 Å². The summed E-state index contributed by atoms with van der Waals surface area (Å²) in [4.78, 5) is 37.4. The Morgan fingerprint density at radius 1 is 0.871 bits per heavy atom. The van der Waals surface area contributed by atoms with Crippen molar-refractivity contribution in [3.05, 3.63) is 101 Å². The second-order valence-electron chi connectivity index (χ2n) is 7.07. The number of rotatable bonds is 8. The van der Waals surface area contributed by atoms with Gasteiger partial charge in [-0.05, 0) is 43.3 Å². The number of esters is 1. The molecule has 1 amide bonds. The molecule has 0 aliphatic carbocycles. The molecule has 3 aromatic rings. The van der Waals surface area contributed by atoms with Crippen molar-refractivity contribution < 1.29 is 23.5 Å². The number of carbonyl (C=O) groups is 3. The van der Waals surface area contributed by atoms with Crippen molar-refractivity contribution in [2.75, 3.05) is 5.32 Å². The molecule has 0 fully saturated rings. The number of ether oxygens (including phenoxy) is 1. The summed E-state index contributed by atoms with van der Waals surface area (Å²) in [7, 11) is 0. The molecule has 0 aliphatic rings. The number of ketones is 1. The number of halogens is 1. The molecule has 1 unspecified atom stereocenters. The number of Topliss-reactive ketones (excluding diaryl/α,β-unsaturated/α-hetero) is 1. The maximum absolute atomic E-state index is 13.0. The summed E-state index contributed by atoms with van der Waals surface area (Å²) in [5.74, 6) is -1.92. The highest BCUT2D eigenvalue weighted by molar-refractivity contribution is 5.98. The van der Waals surface area contributed by atoms with Gasteiger partial charge >= 0.3 is 5.97 Å². The minimum absolute atomic E-state index is 0.106. The van der Waals surface area contributed by atoms with Crippen LogP contribution in [0.4, 0.5) is 10.1 Å². The van der Waals surface area contributed by atoms with E-state index in [1.54, 1.807) is 42.5 Å². The predicted octanol–water partition coefficient (Wildman–Crippen LogP) is 5.02. The molecule has 3 rings (SSSR count). The van der Waals surface area contributed by atoms with Gasteiger partial charge in [0.15, 0.2) is 5.78 Å². The molecular weight excluding hydrogens is 397 g/mol. The van der Waals surface area contributed by atoms with Crippen LogP contribution < -0.4 is 5.32 Å². The first-order valence-electron chi connectivity index (χ1n) is 9.83. The molecule has 158 valence electrons. The molecule has 0 heterocycles. The lowest BCUT2D eigenvalue weighted by molar-refractivity contribution is -0.154. The molecule has 3 aromatic carbocycles. The van der Waals surface area contributed by atoms with Crippen molar-refractivity contribution in [2.45, 2.75) is 25.9 Å². The van der Waals surface area contributed by atoms with E-state index in [1.807, 2.05) is 19.1 Å². The summed E-state index contributed by atoms with van der Waals surface area (Å²) in [6.45, 7) is 1.94. The zero-order valence-electron chi connectivity index (χ0n) is 17.0. The Labute approximate surface area is 179 Å². The van der Waals surface area contributed by atoms with E-state index in [9.17, 15) is 18.8 Å². The first-order valence-corrected chi connectivity index (χ1v) is 9.83. The second kappa shape index (κ2) is 10.3. The van der Waals surface area contributed by atoms with Crippen molar-refractivity contribution in [3.63, 3.8) is 0 Å². The molecule has 0 bridgehead atoms. The SMILES string of the molecule is Cc1ccc(NC(=O)C(OC(=O)CCC(=O)c2ccc(F)cc2)c2ccccc2)cc1. The topological polar surface area (TPSA) is 72.5 Å². The van der Waals surface area contributed by atoms with Crippen LogP contribution >= 0.6 is 0 Å². The van der Waals surface area contributed by atoms with Crippen LogP contribution in [0.15, 0.2) is 78.9 Å². The van der Waals surface area contributed by atoms with Gasteiger partial charge in [0.05, 0.1) is 6.42 Å². The van der Waals surface area contributed by atoms with Crippen LogP contribution in [0.2, 0.25) is 0 Å². The van der Waals surface area contributed by atoms with Crippen LogP contribution in [0.3, 0.4) is 0 Å². The number of anilines is 1. The normalized spacial score (nSPS) is 11.4. The summed E-state index contributed by atoms with van der Waals surface area (Å²) in [6, 6.07) is 21.0. The Hall–Kier alpha value is -3.80. The monoisotopic (exact) mass is 419 g/mol. The zero-order valence-corrected chi connectivity index (χ0v) is 17.0. The van der Waals surface area contributed by atoms with Crippen LogP contribution in [-0.4, -0.2) is 17.7 Å². The van der Waals surface area contributed by atoms with Gasteiger partial charge in [-0.15, -0.1) is 0 Å². The second-order valence-corrected chi connectivity index (χ2v) is 7.07. The highest BCUT2D eigenvalue weighted by Crippen LogP contribution is 2.21. The number of carbonyl (C=O) groups excluding carboxylic acids is 3. The van der Waals surface area contributed by atoms with Gasteiger partial charge in [-0.2, -0.15) is 0 Å². The molecule has 0 spiro atoms. The van der Waals surface area contributed by atoms with Gasteiger partial charge in [-0.3, -0.25) is 14.4 Å². The fraction of sp³-hybridized carbons (Fsp3) is 0.160. The van der Waals surface area contributed by atoms with E-state index in [-0.39, 0.29) is 18.6 Å². The van der Waals surface area contributed by atoms with Crippen molar-refractivity contribution >= 4 is 23.3 Å². The number of amides is 1. The molecular formula is C25H22FNO4. The smallest absolute Gasteiger partial charge is 0.307 e. The quantitative estimate of drug-likeness (QED) is 0.411. The highest BCUT2D eigenvalue weighted by atomic mass is 19.1. The maximum atomic E-state index is 13.0. The fourth-order valence-corrected chi connectivity index (χ4v) is 2.93. The molecule has 0 saturated carbocycles. The van der Waals surface area contributed by atoms with Gasteiger partial charge in [0, 0.05) is 23.2 Å². The third-order valence-corrected chi connectivity index (χ3v) is 4.63. The Kier molecular flexibility index (Phi) is 7.27. The number of benzene rings is 3. The van der Waals surface area contributed by atoms with Gasteiger partial charge < -0.3 is 10.1 Å². The summed E-state index contributed by atoms with van der Waals surface area (Å²) in [6.07, 6.45) is -1.46. The number of nitrogens with one attached hydrogen (secondary N) is 1. The molecule has 5 nitrogen and oxygen atoms in total. The van der Waals surface area contributed by atoms with Crippen molar-refractivity contribution in [1.82, 2.24) is 0 Å². The van der Waals surface area contributed by atoms with Crippen LogP contribution in [0, 0.1) is 12.7 Å². The molecule has 1 N–H and O–H groups in total. The molecule has 0 aromatic heterocycles. The Morgan fingerprint density at radius 2 is 1.52 bits per heavy atom. The molecule has 6 heteroatoms. The van der Waals surface area contributed by atoms with E-state index >= 15 is 0 Å². The Bertz CT molecular complexity index is 1050. The summed E-state index contributed by atoms with van der Waals surface area (Å²) in [5.41, 5.74) is 2.46. The lowest BCUT2D eigenvalue weighted by atomic mass is 10.1. The van der Waals surface area contributed by atoms with Gasteiger partial charge in [0.2, 0.25) is 6.10 Å². The van der Waals surface area contributed by atoms with E-state index in [0.717, 1.165) is 5.56 Å². The van der Waals surface area contributed by atoms with E-state index in [4.69, 9.17) is 4.74 Å². The van der Waals surface area contributed by atoms with Gasteiger partial charge in [-0.25, -0.2) is 4.39 Å². The van der Waals surface area contributed by atoms with E-state index in [0.29, 0.717) is 16.8 Å². The average molecular weight is 419 g/mol. The molecule has 0 saturated heterocycles. The van der Waals surface area contributed by atoms with E-state index in [2.05, 4.69) is 5.32 Å². The van der Waals surface area contributed by atoms with Gasteiger partial charge in [0.1, 0.15) is 5.82 Å². The van der Waals surface area contributed by atoms with E-state index in [1.165, 1.54) is 24.3 Å². The van der Waals surface area contributed by atoms with Crippen molar-refractivity contribution in [1.29, 1.82) is 0 Å². The molecule has 31 heavy (non-hydrogen) atoms. The average Bonchev–Trinajstić information content (AvgIpc) is 2.78. The Morgan fingerprint density at radius 3 is 2.16 bits per heavy atom. The minimum atomic E-state index is -1.16. The van der Waals surface area contributed by atoms with Crippen LogP contribution in [-0.2, 0) is 14.3 Å². The fourth-order valence-electron chi connectivity index (χ4n) is 2.93. The van der Waals surface area contributed by atoms with Crippen molar-refractivity contribution in [2.24, 2.45) is 0 Å². The van der Waals surface area contributed by atoms with Crippen LogP contribution in [0.1, 0.15) is 40.4 Å². The number of hydrogen-bond acceptors (Lipinski definition) is 4. The summed E-state index contributed by atoms with van der Waals surface area (Å²) < 4.78 is 18.4. The third kappa shape index (κ3) is 6.34. The van der Waals surface area contributed by atoms with E-state index < -0.39 is 23.8 Å². The number of aryl methyl sites for hydroxylation is 1. The highest BCUT2D eigenvalue weighted by Gasteiger charge is 2.25. The predicted molar refractivity (Wildman–Crippen MR) is 115 cm³/mol. The zero-order chi connectivity index (χ0) is 22.2. The third-order valence-electron chi connectivity index (χ3n) is 4.63. The lowest BCUT2D eigenvalue weighted by Crippen LogP contribution is -2.26. The maximum Gasteiger partial charge on any atom is 0.307 e. The first kappa shape index (κ1) is 21.9. The van der Waals surface area contributed by atoms with Crippen molar-refractivity contribution in [3.8, 4) is 0 Å². The minimum Gasteiger partial charge on any atom is -0.447 e. The Balaban J connectivity index is 1.65.